The topological polar surface area (TPSA) is 135 Å². The summed E-state index contributed by atoms with van der Waals surface area (Å²) in [7, 11) is 2.92. The maximum absolute atomic E-state index is 13.2. The number of nitrogens with one attached hydrogen (secondary N) is 1. The summed E-state index contributed by atoms with van der Waals surface area (Å²) in [5.74, 6) is -0.182. The summed E-state index contributed by atoms with van der Waals surface area (Å²) in [5, 5.41) is 25.1. The van der Waals surface area contributed by atoms with Gasteiger partial charge in [-0.05, 0) is 32.9 Å². The number of amides is 1. The lowest BCUT2D eigenvalue weighted by Crippen LogP contribution is -2.46. The van der Waals surface area contributed by atoms with Crippen LogP contribution in [0.1, 0.15) is 32.2 Å². The zero-order valence-electron chi connectivity index (χ0n) is 18.1. The zero-order chi connectivity index (χ0) is 22.5. The summed E-state index contributed by atoms with van der Waals surface area (Å²) in [6, 6.07) is -0.717. The van der Waals surface area contributed by atoms with Crippen molar-refractivity contribution in [1.29, 1.82) is 0 Å². The van der Waals surface area contributed by atoms with Crippen LogP contribution in [0, 0.1) is 5.92 Å². The Labute approximate surface area is 178 Å². The van der Waals surface area contributed by atoms with Gasteiger partial charge in [0.1, 0.15) is 0 Å². The van der Waals surface area contributed by atoms with Crippen molar-refractivity contribution in [3.8, 4) is 0 Å². The van der Waals surface area contributed by atoms with Gasteiger partial charge in [-0.2, -0.15) is 0 Å². The second kappa shape index (κ2) is 7.88. The van der Waals surface area contributed by atoms with Gasteiger partial charge in [0.15, 0.2) is 11.2 Å². The van der Waals surface area contributed by atoms with Crippen molar-refractivity contribution in [2.45, 2.75) is 43.9 Å². The number of aliphatic hydroxyl groups excluding tert-OH is 1. The van der Waals surface area contributed by atoms with Gasteiger partial charge in [0.05, 0.1) is 24.1 Å². The fourth-order valence-corrected chi connectivity index (χ4v) is 4.91. The Hall–Kier alpha value is -2.50. The van der Waals surface area contributed by atoms with Crippen LogP contribution >= 0.6 is 0 Å². The molecule has 2 saturated heterocycles. The number of rotatable bonds is 2. The third-order valence-electron chi connectivity index (χ3n) is 6.70. The van der Waals surface area contributed by atoms with E-state index in [1.165, 1.54) is 25.0 Å². The van der Waals surface area contributed by atoms with Crippen molar-refractivity contribution >= 4 is 17.1 Å². The minimum absolute atomic E-state index is 0.0411. The van der Waals surface area contributed by atoms with Gasteiger partial charge in [-0.1, -0.05) is 0 Å². The lowest BCUT2D eigenvalue weighted by atomic mass is 9.91. The van der Waals surface area contributed by atoms with E-state index in [1.807, 2.05) is 0 Å². The number of imidazole rings is 1. The van der Waals surface area contributed by atoms with E-state index >= 15 is 0 Å². The number of β-amino-alcohol motifs (C(OH)–C–C–N with tert-alkyl or cyclic N) is 1. The van der Waals surface area contributed by atoms with Crippen molar-refractivity contribution in [3.05, 3.63) is 27.2 Å². The quantitative estimate of drug-likeness (QED) is 0.514. The number of piperidine rings is 1. The molecule has 0 spiro atoms. The molecule has 0 aliphatic carbocycles. The number of hydrogen-bond acceptors (Lipinski definition) is 7. The Balaban J connectivity index is 1.79. The molecule has 0 aromatic carbocycles. The molecule has 4 rings (SSSR count). The van der Waals surface area contributed by atoms with Crippen molar-refractivity contribution in [1.82, 2.24) is 28.9 Å². The van der Waals surface area contributed by atoms with Gasteiger partial charge in [-0.25, -0.2) is 9.78 Å². The normalized spacial score (nSPS) is 28.1. The number of carbonyl (C=O) groups is 1. The van der Waals surface area contributed by atoms with Crippen LogP contribution in [0.2, 0.25) is 0 Å². The lowest BCUT2D eigenvalue weighted by molar-refractivity contribution is -0.138. The van der Waals surface area contributed by atoms with Crippen LogP contribution in [0.5, 0.6) is 0 Å². The third kappa shape index (κ3) is 3.70. The summed E-state index contributed by atoms with van der Waals surface area (Å²) >= 11 is 0. The van der Waals surface area contributed by atoms with Crippen LogP contribution in [0.15, 0.2) is 15.9 Å². The first-order valence-electron chi connectivity index (χ1n) is 10.6. The molecule has 1 amide bonds. The Morgan fingerprint density at radius 1 is 1.19 bits per heavy atom. The van der Waals surface area contributed by atoms with E-state index in [0.29, 0.717) is 0 Å². The Bertz CT molecular complexity index is 1110. The Morgan fingerprint density at radius 3 is 2.55 bits per heavy atom. The van der Waals surface area contributed by atoms with Crippen molar-refractivity contribution in [2.24, 2.45) is 20.0 Å². The van der Waals surface area contributed by atoms with E-state index in [0.717, 1.165) is 30.5 Å². The first kappa shape index (κ1) is 21.7. The molecule has 0 unspecified atom stereocenters. The Kier molecular flexibility index (Phi) is 5.52. The molecule has 2 aliphatic heterocycles. The van der Waals surface area contributed by atoms with E-state index in [1.54, 1.807) is 16.4 Å². The molecule has 3 atom stereocenters. The number of nitrogens with zero attached hydrogens (tertiary/aromatic N) is 5. The van der Waals surface area contributed by atoms with Gasteiger partial charge >= 0.3 is 5.69 Å². The molecule has 11 heteroatoms. The van der Waals surface area contributed by atoms with E-state index in [2.05, 4.69) is 10.3 Å². The van der Waals surface area contributed by atoms with Gasteiger partial charge in [0, 0.05) is 39.5 Å². The van der Waals surface area contributed by atoms with Gasteiger partial charge < -0.3 is 25.0 Å². The molecular weight excluding hydrogens is 404 g/mol. The molecule has 11 nitrogen and oxygen atoms in total. The maximum atomic E-state index is 13.2. The number of aromatic nitrogens is 4. The molecular formula is C20H30N6O5. The SMILES string of the molecule is Cn1c(=O)c2c(ncn2[C@H]2CN(C(=O)C3CCNCC3)C[C@H](O)C[C@]2(C)O)n(C)c1=O. The first-order valence-corrected chi connectivity index (χ1v) is 10.6. The Morgan fingerprint density at radius 2 is 1.87 bits per heavy atom. The van der Waals surface area contributed by atoms with Crippen LogP contribution in [-0.4, -0.2) is 77.6 Å². The van der Waals surface area contributed by atoms with Crippen LogP contribution in [0.3, 0.4) is 0 Å². The van der Waals surface area contributed by atoms with Crippen LogP contribution < -0.4 is 16.6 Å². The highest BCUT2D eigenvalue weighted by atomic mass is 16.3. The average molecular weight is 434 g/mol. The standard InChI is InChI=1S/C20H30N6O5/c1-20(31)8-13(27)9-25(17(28)12-4-6-21-7-5-12)10-14(20)26-11-22-16-15(26)18(29)24(3)19(30)23(16)2/h11-14,21,27,31H,4-10H2,1-3H3/t13-,14+,20+/m1/s1. The molecule has 31 heavy (non-hydrogen) atoms. The summed E-state index contributed by atoms with van der Waals surface area (Å²) in [4.78, 5) is 44.3. The number of fused-ring (bicyclic) bond motifs is 1. The van der Waals surface area contributed by atoms with Gasteiger partial charge in [0.2, 0.25) is 5.91 Å². The predicted molar refractivity (Wildman–Crippen MR) is 113 cm³/mol. The number of carbonyl (C=O) groups excluding carboxylic acids is 1. The third-order valence-corrected chi connectivity index (χ3v) is 6.70. The second-order valence-electron chi connectivity index (χ2n) is 9.03. The van der Waals surface area contributed by atoms with Crippen LogP contribution in [0.25, 0.3) is 11.2 Å². The van der Waals surface area contributed by atoms with Gasteiger partial charge in [-0.15, -0.1) is 0 Å². The molecule has 2 fully saturated rings. The average Bonchev–Trinajstić information content (AvgIpc) is 3.12. The van der Waals surface area contributed by atoms with Crippen LogP contribution in [0.4, 0.5) is 0 Å². The summed E-state index contributed by atoms with van der Waals surface area (Å²) in [6.45, 7) is 3.38. The van der Waals surface area contributed by atoms with Crippen LogP contribution in [-0.2, 0) is 18.9 Å². The van der Waals surface area contributed by atoms with Crippen molar-refractivity contribution in [3.63, 3.8) is 0 Å². The fourth-order valence-electron chi connectivity index (χ4n) is 4.91. The summed E-state index contributed by atoms with van der Waals surface area (Å²) < 4.78 is 3.84. The molecule has 2 aliphatic rings. The van der Waals surface area contributed by atoms with E-state index in [9.17, 15) is 24.6 Å². The smallest absolute Gasteiger partial charge is 0.332 e. The minimum Gasteiger partial charge on any atom is -0.391 e. The highest BCUT2D eigenvalue weighted by Crippen LogP contribution is 2.34. The van der Waals surface area contributed by atoms with Crippen molar-refractivity contribution < 1.29 is 15.0 Å². The summed E-state index contributed by atoms with van der Waals surface area (Å²) in [5.41, 5.74) is -2.03. The van der Waals surface area contributed by atoms with E-state index in [-0.39, 0.29) is 42.5 Å². The highest BCUT2D eigenvalue weighted by Gasteiger charge is 2.43. The molecule has 170 valence electrons. The van der Waals surface area contributed by atoms with Crippen molar-refractivity contribution in [2.75, 3.05) is 26.2 Å². The molecule has 2 aromatic rings. The first-order chi connectivity index (χ1) is 14.6. The maximum Gasteiger partial charge on any atom is 0.332 e. The monoisotopic (exact) mass is 434 g/mol. The number of aryl methyl sites for hydroxylation is 1. The molecule has 0 radical (unpaired) electrons. The second-order valence-corrected chi connectivity index (χ2v) is 9.03. The largest absolute Gasteiger partial charge is 0.391 e. The number of hydrogen-bond donors (Lipinski definition) is 3. The summed E-state index contributed by atoms with van der Waals surface area (Å²) in [6.07, 6.45) is 2.02. The lowest BCUT2D eigenvalue weighted by Gasteiger charge is -2.35. The zero-order valence-corrected chi connectivity index (χ0v) is 18.1. The fraction of sp³-hybridized carbons (Fsp3) is 0.700. The minimum atomic E-state index is -1.41. The molecule has 4 heterocycles. The number of aliphatic hydroxyl groups is 2. The molecule has 3 N–H and O–H groups in total. The van der Waals surface area contributed by atoms with E-state index < -0.39 is 29.0 Å². The van der Waals surface area contributed by atoms with Gasteiger partial charge in [0.25, 0.3) is 5.56 Å². The predicted octanol–water partition coefficient (Wildman–Crippen LogP) is -1.68. The molecule has 0 saturated carbocycles. The molecule has 2 aromatic heterocycles. The number of likely N-dealkylation sites (tertiary alicyclic amines) is 1. The van der Waals surface area contributed by atoms with E-state index in [4.69, 9.17) is 0 Å². The molecule has 0 bridgehead atoms. The highest BCUT2D eigenvalue weighted by molar-refractivity contribution is 5.79. The van der Waals surface area contributed by atoms with Gasteiger partial charge in [-0.3, -0.25) is 18.7 Å².